The molecule has 0 atom stereocenters. The summed E-state index contributed by atoms with van der Waals surface area (Å²) < 4.78 is 0. The van der Waals surface area contributed by atoms with Gasteiger partial charge >= 0.3 is 0 Å². The van der Waals surface area contributed by atoms with Gasteiger partial charge in [0.25, 0.3) is 0 Å². The zero-order valence-electron chi connectivity index (χ0n) is 33.6. The molecule has 0 bridgehead atoms. The van der Waals surface area contributed by atoms with Crippen LogP contribution in [0.2, 0.25) is 0 Å². The Hall–Kier alpha value is -7.59. The van der Waals surface area contributed by atoms with E-state index in [4.69, 9.17) is 9.97 Å². The predicted octanol–water partition coefficient (Wildman–Crippen LogP) is 15.8. The fraction of sp³-hybridized carbons (Fsp3) is 0. The Kier molecular flexibility index (Phi) is 10.5. The zero-order valence-corrected chi connectivity index (χ0v) is 34.4. The molecule has 0 N–H and O–H groups in total. The lowest BCUT2D eigenvalue weighted by molar-refractivity contribution is 1.24. The van der Waals surface area contributed by atoms with Crippen LogP contribution in [0.5, 0.6) is 0 Å². The first-order chi connectivity index (χ1) is 30.2. The van der Waals surface area contributed by atoms with E-state index in [1.165, 1.54) is 19.6 Å². The third kappa shape index (κ3) is 7.60. The molecule has 0 saturated carbocycles. The smallest absolute Gasteiger partial charge is 0.0715 e. The Bertz CT molecular complexity index is 2670. The lowest BCUT2D eigenvalue weighted by Gasteiger charge is -2.42. The van der Waals surface area contributed by atoms with E-state index in [2.05, 4.69) is 255 Å². The van der Waals surface area contributed by atoms with Crippen LogP contribution in [0.15, 0.2) is 274 Å². The van der Waals surface area contributed by atoms with Gasteiger partial charge in [-0.15, -0.1) is 10.0 Å². The van der Waals surface area contributed by atoms with E-state index in [1.54, 1.807) is 0 Å². The molecular weight excluding hydrogens is 757 g/mol. The van der Waals surface area contributed by atoms with Gasteiger partial charge in [0, 0.05) is 41.8 Å². The zero-order chi connectivity index (χ0) is 40.9. The van der Waals surface area contributed by atoms with Crippen LogP contribution in [0.3, 0.4) is 0 Å². The summed E-state index contributed by atoms with van der Waals surface area (Å²) in [6.07, 6.45) is 0. The van der Waals surface area contributed by atoms with Crippen molar-refractivity contribution in [1.82, 2.24) is 9.97 Å². The Morgan fingerprint density at radius 2 is 0.426 bits per heavy atom. The van der Waals surface area contributed by atoms with Gasteiger partial charge < -0.3 is 0 Å². The highest BCUT2D eigenvalue weighted by Crippen LogP contribution is 2.74. The first kappa shape index (κ1) is 37.7. The van der Waals surface area contributed by atoms with Crippen molar-refractivity contribution in [3.05, 3.63) is 255 Å². The van der Waals surface area contributed by atoms with Gasteiger partial charge in [-0.3, -0.25) is 0 Å². The minimum absolute atomic E-state index is 0.929. The number of hydrogen-bond acceptors (Lipinski definition) is 2. The van der Waals surface area contributed by atoms with E-state index in [1.807, 2.05) is 0 Å². The van der Waals surface area contributed by atoms with E-state index >= 15 is 0 Å². The minimum atomic E-state index is -2.05. The van der Waals surface area contributed by atoms with Crippen LogP contribution in [0.4, 0.5) is 0 Å². The Balaban J connectivity index is 1.32. The van der Waals surface area contributed by atoms with Gasteiger partial charge in [0.05, 0.1) is 22.8 Å². The molecule has 8 aromatic carbocycles. The van der Waals surface area contributed by atoms with Crippen molar-refractivity contribution in [3.63, 3.8) is 0 Å². The van der Waals surface area contributed by atoms with E-state index in [0.29, 0.717) is 0 Å². The SMILES string of the molecule is c1ccc(-c2cc(-c3cc(-c4cc(-c5ccccc5)nc(-c5ccccc5)c4)cc(S(c4ccccc4)(c4ccccc4)c4ccccc4)c3)cc(-c3ccccc3)n2)cc1. The van der Waals surface area contributed by atoms with Crippen molar-refractivity contribution in [2.75, 3.05) is 0 Å². The molecule has 0 aliphatic heterocycles. The summed E-state index contributed by atoms with van der Waals surface area (Å²) in [5.74, 6) is 0. The van der Waals surface area contributed by atoms with Gasteiger partial charge in [-0.2, -0.15) is 0 Å². The van der Waals surface area contributed by atoms with Crippen molar-refractivity contribution >= 4 is 10.0 Å². The molecule has 2 heterocycles. The molecule has 2 aromatic heterocycles. The molecule has 0 aliphatic rings. The molecule has 0 radical (unpaired) electrons. The second-order valence-electron chi connectivity index (χ2n) is 15.0. The van der Waals surface area contributed by atoms with E-state index < -0.39 is 10.0 Å². The summed E-state index contributed by atoms with van der Waals surface area (Å²) in [6.45, 7) is 0. The van der Waals surface area contributed by atoms with Crippen molar-refractivity contribution in [3.8, 4) is 67.3 Å². The van der Waals surface area contributed by atoms with Crippen LogP contribution in [0.25, 0.3) is 67.3 Å². The highest BCUT2D eigenvalue weighted by molar-refractivity contribution is 8.34. The number of hydrogen-bond donors (Lipinski definition) is 0. The van der Waals surface area contributed by atoms with Gasteiger partial charge in [-0.1, -0.05) is 176 Å². The summed E-state index contributed by atoms with van der Waals surface area (Å²) in [5, 5.41) is 0. The van der Waals surface area contributed by atoms with Crippen LogP contribution in [0, 0.1) is 0 Å². The fourth-order valence-corrected chi connectivity index (χ4v) is 12.2. The van der Waals surface area contributed by atoms with Crippen LogP contribution in [-0.4, -0.2) is 9.97 Å². The topological polar surface area (TPSA) is 25.8 Å². The van der Waals surface area contributed by atoms with Crippen molar-refractivity contribution in [1.29, 1.82) is 0 Å². The summed E-state index contributed by atoms with van der Waals surface area (Å²) in [7, 11) is -2.05. The number of nitrogens with zero attached hydrogens (tertiary/aromatic N) is 2. The van der Waals surface area contributed by atoms with E-state index in [9.17, 15) is 0 Å². The minimum Gasteiger partial charge on any atom is -0.248 e. The van der Waals surface area contributed by atoms with E-state index in [-0.39, 0.29) is 0 Å². The van der Waals surface area contributed by atoms with Gasteiger partial charge in [0.15, 0.2) is 0 Å². The van der Waals surface area contributed by atoms with Crippen molar-refractivity contribution in [2.24, 2.45) is 0 Å². The molecule has 0 unspecified atom stereocenters. The highest BCUT2D eigenvalue weighted by atomic mass is 32.3. The molecular formula is C58H42N2S. The monoisotopic (exact) mass is 798 g/mol. The van der Waals surface area contributed by atoms with Crippen molar-refractivity contribution in [2.45, 2.75) is 19.6 Å². The maximum absolute atomic E-state index is 5.28. The largest absolute Gasteiger partial charge is 0.248 e. The molecule has 0 aliphatic carbocycles. The van der Waals surface area contributed by atoms with Crippen LogP contribution in [-0.2, 0) is 0 Å². The summed E-state index contributed by atoms with van der Waals surface area (Å²) in [6, 6.07) is 91.6. The summed E-state index contributed by atoms with van der Waals surface area (Å²) in [5.41, 5.74) is 12.4. The quantitative estimate of drug-likeness (QED) is 0.138. The van der Waals surface area contributed by atoms with E-state index in [0.717, 1.165) is 67.3 Å². The number of rotatable bonds is 10. The second-order valence-corrected chi connectivity index (χ2v) is 18.1. The normalized spacial score (nSPS) is 11.5. The van der Waals surface area contributed by atoms with Crippen LogP contribution in [0.1, 0.15) is 0 Å². The average Bonchev–Trinajstić information content (AvgIpc) is 3.36. The summed E-state index contributed by atoms with van der Waals surface area (Å²) in [4.78, 5) is 15.6. The number of pyridine rings is 2. The first-order valence-corrected chi connectivity index (χ1v) is 22.3. The molecule has 10 aromatic rings. The molecule has 0 spiro atoms. The Labute approximate surface area is 359 Å². The third-order valence-electron chi connectivity index (χ3n) is 11.1. The summed E-state index contributed by atoms with van der Waals surface area (Å²) >= 11 is 0. The molecule has 10 rings (SSSR count). The maximum atomic E-state index is 5.28. The lowest BCUT2D eigenvalue weighted by Crippen LogP contribution is -2.06. The average molecular weight is 799 g/mol. The molecule has 3 heteroatoms. The lowest BCUT2D eigenvalue weighted by atomic mass is 9.95. The molecule has 2 nitrogen and oxygen atoms in total. The number of aromatic nitrogens is 2. The molecule has 61 heavy (non-hydrogen) atoms. The molecule has 0 saturated heterocycles. The Morgan fingerprint density at radius 1 is 0.197 bits per heavy atom. The van der Waals surface area contributed by atoms with Gasteiger partial charge in [-0.25, -0.2) is 9.97 Å². The first-order valence-electron chi connectivity index (χ1n) is 20.6. The molecule has 0 fully saturated rings. The van der Waals surface area contributed by atoms with Crippen LogP contribution < -0.4 is 0 Å². The van der Waals surface area contributed by atoms with Gasteiger partial charge in [-0.05, 0) is 101 Å². The van der Waals surface area contributed by atoms with Crippen molar-refractivity contribution < 1.29 is 0 Å². The van der Waals surface area contributed by atoms with Crippen LogP contribution >= 0.6 is 10.0 Å². The fourth-order valence-electron chi connectivity index (χ4n) is 8.22. The Morgan fingerprint density at radius 3 is 0.689 bits per heavy atom. The maximum Gasteiger partial charge on any atom is 0.0715 e. The van der Waals surface area contributed by atoms with Gasteiger partial charge in [0.2, 0.25) is 0 Å². The molecule has 0 amide bonds. The van der Waals surface area contributed by atoms with Gasteiger partial charge in [0.1, 0.15) is 0 Å². The molecule has 290 valence electrons. The predicted molar refractivity (Wildman–Crippen MR) is 255 cm³/mol. The number of benzene rings is 8. The standard InChI is InChI=1S/C58H42N2S/c1-8-22-43(23-9-1)55-39-49(40-56(59-55)44-24-10-2-11-25-44)47-36-48(50-41-57(45-26-12-3-13-27-45)60-58(42-50)46-28-14-4-15-29-46)38-54(37-47)61(51-30-16-5-17-31-51,52-32-18-6-19-33-52)53-34-20-7-21-35-53/h1-42H. The second kappa shape index (κ2) is 16.9. The third-order valence-corrected chi connectivity index (χ3v) is 15.0. The highest BCUT2D eigenvalue weighted by Gasteiger charge is 2.34.